The fraction of sp³-hybridized carbons (Fsp3) is 0. The summed E-state index contributed by atoms with van der Waals surface area (Å²) in [7, 11) is -0.867. The Balaban J connectivity index is 1.29. The molecule has 0 aliphatic heterocycles. The lowest BCUT2D eigenvalue weighted by atomic mass is 10.1. The number of benzene rings is 5. The van der Waals surface area contributed by atoms with Gasteiger partial charge < -0.3 is 9.13 Å². The first kappa shape index (κ1) is 28.6. The van der Waals surface area contributed by atoms with Crippen molar-refractivity contribution in [2.45, 2.75) is 0 Å². The topological polar surface area (TPSA) is 35.6 Å². The van der Waals surface area contributed by atoms with Crippen LogP contribution in [0.15, 0.2) is 161 Å². The van der Waals surface area contributed by atoms with Gasteiger partial charge >= 0.3 is 0 Å². The molecule has 0 saturated carbocycles. The summed E-state index contributed by atoms with van der Waals surface area (Å²) in [5, 5.41) is 8.84. The number of aromatic nitrogens is 4. The van der Waals surface area contributed by atoms with Gasteiger partial charge in [-0.3, -0.25) is 9.97 Å². The molecule has 7 heteroatoms. The molecule has 0 unspecified atom stereocenters. The SMILES string of the molecule is Brc1ccc2c3cc(P(c4ccccc4)c4ccc5c(c4)c4ccc(Br)cc4n5-c4cccnc4)ccc3n(-c3cccnc3)c2c1. The van der Waals surface area contributed by atoms with Crippen LogP contribution < -0.4 is 15.9 Å². The van der Waals surface area contributed by atoms with Crippen LogP contribution in [-0.2, 0) is 0 Å². The van der Waals surface area contributed by atoms with Gasteiger partial charge in [-0.2, -0.15) is 0 Å². The highest BCUT2D eigenvalue weighted by molar-refractivity contribution is 9.10. The molecule has 47 heavy (non-hydrogen) atoms. The van der Waals surface area contributed by atoms with E-state index in [1.165, 1.54) is 48.5 Å². The van der Waals surface area contributed by atoms with E-state index < -0.39 is 7.92 Å². The third-order valence-corrected chi connectivity index (χ3v) is 12.2. The van der Waals surface area contributed by atoms with E-state index in [1.54, 1.807) is 0 Å². The lowest BCUT2D eigenvalue weighted by Crippen LogP contribution is -2.20. The van der Waals surface area contributed by atoms with E-state index in [9.17, 15) is 0 Å². The normalized spacial score (nSPS) is 11.8. The first-order chi connectivity index (χ1) is 23.1. The number of hydrogen-bond donors (Lipinski definition) is 0. The second-order valence-electron chi connectivity index (χ2n) is 11.5. The molecule has 4 heterocycles. The summed E-state index contributed by atoms with van der Waals surface area (Å²) < 4.78 is 6.73. The van der Waals surface area contributed by atoms with Crippen molar-refractivity contribution in [3.63, 3.8) is 0 Å². The fourth-order valence-electron chi connectivity index (χ4n) is 6.79. The fourth-order valence-corrected chi connectivity index (χ4v) is 9.82. The van der Waals surface area contributed by atoms with Gasteiger partial charge in [0.15, 0.2) is 0 Å². The van der Waals surface area contributed by atoms with E-state index in [-0.39, 0.29) is 0 Å². The van der Waals surface area contributed by atoms with Crippen molar-refractivity contribution in [2.75, 3.05) is 0 Å². The number of halogens is 2. The number of fused-ring (bicyclic) bond motifs is 6. The molecule has 0 amide bonds. The Morgan fingerprint density at radius 3 is 1.40 bits per heavy atom. The molecular formula is C40H25Br2N4P. The molecule has 9 rings (SSSR count). The molecule has 5 aromatic carbocycles. The number of pyridine rings is 2. The highest BCUT2D eigenvalue weighted by Crippen LogP contribution is 2.40. The minimum atomic E-state index is -0.867. The highest BCUT2D eigenvalue weighted by Gasteiger charge is 2.22. The standard InChI is InChI=1S/C40H25Br2N4P/c41-26-10-14-33-35-22-31(12-16-37(35)45(39(33)20-26)28-6-4-18-43-24-28)47(30-8-2-1-3-9-30)32-13-17-38-36(23-32)34-15-11-27(42)21-40(34)46(38)29-7-5-19-44-25-29/h1-25H. The van der Waals surface area contributed by atoms with Gasteiger partial charge in [0.05, 0.1) is 45.8 Å². The van der Waals surface area contributed by atoms with E-state index in [0.29, 0.717) is 0 Å². The maximum Gasteiger partial charge on any atom is 0.0645 e. The average Bonchev–Trinajstić information content (AvgIpc) is 3.60. The van der Waals surface area contributed by atoms with Crippen LogP contribution in [0.25, 0.3) is 55.0 Å². The van der Waals surface area contributed by atoms with Crippen molar-refractivity contribution in [3.05, 3.63) is 161 Å². The lowest BCUT2D eigenvalue weighted by Gasteiger charge is -2.20. The molecule has 0 saturated heterocycles. The summed E-state index contributed by atoms with van der Waals surface area (Å²) in [6, 6.07) is 46.3. The van der Waals surface area contributed by atoms with E-state index in [4.69, 9.17) is 0 Å². The summed E-state index contributed by atoms with van der Waals surface area (Å²) in [5.41, 5.74) is 6.73. The van der Waals surface area contributed by atoms with Gasteiger partial charge in [-0.25, -0.2) is 0 Å². The smallest absolute Gasteiger partial charge is 0.0645 e. The summed E-state index contributed by atoms with van der Waals surface area (Å²) in [6.07, 6.45) is 7.51. The zero-order chi connectivity index (χ0) is 31.5. The molecule has 0 spiro atoms. The van der Waals surface area contributed by atoms with Gasteiger partial charge in [0, 0.05) is 42.9 Å². The average molecular weight is 752 g/mol. The van der Waals surface area contributed by atoms with Crippen molar-refractivity contribution in [3.8, 4) is 11.4 Å². The molecular weight excluding hydrogens is 727 g/mol. The third-order valence-electron chi connectivity index (χ3n) is 8.76. The molecule has 0 aliphatic carbocycles. The first-order valence-corrected chi connectivity index (χ1v) is 18.2. The molecule has 4 aromatic heterocycles. The van der Waals surface area contributed by atoms with Crippen LogP contribution in [0.2, 0.25) is 0 Å². The second-order valence-corrected chi connectivity index (χ2v) is 15.5. The van der Waals surface area contributed by atoms with Crippen molar-refractivity contribution >= 4 is 99.3 Å². The predicted molar refractivity (Wildman–Crippen MR) is 205 cm³/mol. The Morgan fingerprint density at radius 1 is 0.426 bits per heavy atom. The van der Waals surface area contributed by atoms with E-state index in [0.717, 1.165) is 31.4 Å². The quantitative estimate of drug-likeness (QED) is 0.164. The Morgan fingerprint density at radius 2 is 0.936 bits per heavy atom. The Kier molecular flexibility index (Phi) is 7.04. The molecule has 0 fully saturated rings. The maximum atomic E-state index is 4.44. The van der Waals surface area contributed by atoms with Crippen molar-refractivity contribution in [2.24, 2.45) is 0 Å². The van der Waals surface area contributed by atoms with Gasteiger partial charge in [-0.1, -0.05) is 86.5 Å². The maximum absolute atomic E-state index is 4.44. The summed E-state index contributed by atoms with van der Waals surface area (Å²) in [4.78, 5) is 8.87. The van der Waals surface area contributed by atoms with Crippen molar-refractivity contribution in [1.29, 1.82) is 0 Å². The van der Waals surface area contributed by atoms with Gasteiger partial charge in [0.2, 0.25) is 0 Å². The molecule has 4 nitrogen and oxygen atoms in total. The van der Waals surface area contributed by atoms with Crippen LogP contribution in [-0.4, -0.2) is 19.1 Å². The van der Waals surface area contributed by atoms with E-state index in [1.807, 2.05) is 36.9 Å². The van der Waals surface area contributed by atoms with Gasteiger partial charge in [-0.05, 0) is 96.6 Å². The summed E-state index contributed by atoms with van der Waals surface area (Å²) in [5.74, 6) is 0. The van der Waals surface area contributed by atoms with Crippen LogP contribution in [0.4, 0.5) is 0 Å². The van der Waals surface area contributed by atoms with Crippen molar-refractivity contribution < 1.29 is 0 Å². The molecule has 0 N–H and O–H groups in total. The molecule has 0 radical (unpaired) electrons. The molecule has 0 atom stereocenters. The van der Waals surface area contributed by atoms with E-state index >= 15 is 0 Å². The predicted octanol–water partition coefficient (Wildman–Crippen LogP) is 9.95. The number of hydrogen-bond acceptors (Lipinski definition) is 2. The third kappa shape index (κ3) is 4.82. The first-order valence-electron chi connectivity index (χ1n) is 15.3. The van der Waals surface area contributed by atoms with Crippen LogP contribution >= 0.6 is 39.8 Å². The Hall–Kier alpha value is -4.61. The highest BCUT2D eigenvalue weighted by atomic mass is 79.9. The lowest BCUT2D eigenvalue weighted by molar-refractivity contribution is 1.14. The monoisotopic (exact) mass is 750 g/mol. The van der Waals surface area contributed by atoms with Gasteiger partial charge in [-0.15, -0.1) is 0 Å². The number of nitrogens with zero attached hydrogens (tertiary/aromatic N) is 4. The summed E-state index contributed by atoms with van der Waals surface area (Å²) in [6.45, 7) is 0. The molecule has 9 aromatic rings. The zero-order valence-electron chi connectivity index (χ0n) is 24.9. The molecule has 0 bridgehead atoms. The van der Waals surface area contributed by atoms with Gasteiger partial charge in [0.25, 0.3) is 0 Å². The minimum Gasteiger partial charge on any atom is -0.308 e. The zero-order valence-corrected chi connectivity index (χ0v) is 29.0. The van der Waals surface area contributed by atoms with Crippen LogP contribution in [0.1, 0.15) is 0 Å². The molecule has 0 aliphatic rings. The molecule has 224 valence electrons. The van der Waals surface area contributed by atoms with Crippen molar-refractivity contribution in [1.82, 2.24) is 19.1 Å². The van der Waals surface area contributed by atoms with Gasteiger partial charge in [0.1, 0.15) is 0 Å². The van der Waals surface area contributed by atoms with Crippen LogP contribution in [0.5, 0.6) is 0 Å². The van der Waals surface area contributed by atoms with Crippen LogP contribution in [0.3, 0.4) is 0 Å². The Bertz CT molecular complexity index is 2430. The minimum absolute atomic E-state index is 0.867. The van der Waals surface area contributed by atoms with E-state index in [2.05, 4.69) is 166 Å². The second kappa shape index (κ2) is 11.6. The van der Waals surface area contributed by atoms with Crippen LogP contribution in [0, 0.1) is 0 Å². The number of rotatable bonds is 5. The largest absolute Gasteiger partial charge is 0.308 e. The Labute approximate surface area is 289 Å². The summed E-state index contributed by atoms with van der Waals surface area (Å²) >= 11 is 7.44.